The Hall–Kier alpha value is -1.60. The third-order valence-electron chi connectivity index (χ3n) is 3.43. The standard InChI is InChI=1S/C14H17BrN2O4/c1-21-8-9-4-5-17(7-9)14(20)16-12-6-10(13(18)19)2-3-11(12)15/h2-3,6,9H,4-5,7-8H2,1H3,(H,16,20)(H,18,19). The first-order valence-corrected chi connectivity index (χ1v) is 7.38. The molecule has 2 amide bonds. The number of carboxylic acid groups (broad SMARTS) is 1. The number of urea groups is 1. The average Bonchev–Trinajstić information content (AvgIpc) is 2.90. The molecule has 0 aliphatic carbocycles. The average molecular weight is 357 g/mol. The molecule has 1 aliphatic heterocycles. The molecule has 114 valence electrons. The van der Waals surface area contributed by atoms with Crippen LogP contribution >= 0.6 is 15.9 Å². The van der Waals surface area contributed by atoms with E-state index in [0.717, 1.165) is 6.42 Å². The van der Waals surface area contributed by atoms with Crippen LogP contribution in [0.3, 0.4) is 0 Å². The van der Waals surface area contributed by atoms with Gasteiger partial charge in [0.05, 0.1) is 17.9 Å². The lowest BCUT2D eigenvalue weighted by Crippen LogP contribution is -2.33. The Labute approximate surface area is 131 Å². The van der Waals surface area contributed by atoms with Crippen LogP contribution in [-0.2, 0) is 4.74 Å². The third-order valence-corrected chi connectivity index (χ3v) is 4.12. The molecule has 1 aromatic rings. The van der Waals surface area contributed by atoms with E-state index in [1.807, 2.05) is 0 Å². The number of nitrogens with one attached hydrogen (secondary N) is 1. The van der Waals surface area contributed by atoms with Crippen molar-refractivity contribution in [2.45, 2.75) is 6.42 Å². The number of likely N-dealkylation sites (tertiary alicyclic amines) is 1. The summed E-state index contributed by atoms with van der Waals surface area (Å²) in [6, 6.07) is 4.30. The van der Waals surface area contributed by atoms with Gasteiger partial charge in [-0.15, -0.1) is 0 Å². The molecule has 7 heteroatoms. The predicted octanol–water partition coefficient (Wildman–Crippen LogP) is 2.65. The Bertz CT molecular complexity index is 550. The van der Waals surface area contributed by atoms with Crippen molar-refractivity contribution >= 4 is 33.6 Å². The Morgan fingerprint density at radius 1 is 1.52 bits per heavy atom. The summed E-state index contributed by atoms with van der Waals surface area (Å²) in [4.78, 5) is 24.9. The number of hydrogen-bond donors (Lipinski definition) is 2. The first-order chi connectivity index (χ1) is 10.0. The number of amides is 2. The SMILES string of the molecule is COCC1CCN(C(=O)Nc2cc(C(=O)O)ccc2Br)C1. The molecule has 1 aromatic carbocycles. The molecule has 1 saturated heterocycles. The molecule has 1 fully saturated rings. The summed E-state index contributed by atoms with van der Waals surface area (Å²) in [5.74, 6) is -0.672. The van der Waals surface area contributed by atoms with Crippen LogP contribution in [0.2, 0.25) is 0 Å². The molecule has 0 bridgehead atoms. The minimum Gasteiger partial charge on any atom is -0.478 e. The number of methoxy groups -OCH3 is 1. The van der Waals surface area contributed by atoms with Gasteiger partial charge in [0.1, 0.15) is 0 Å². The fourth-order valence-corrected chi connectivity index (χ4v) is 2.68. The van der Waals surface area contributed by atoms with E-state index in [1.54, 1.807) is 18.1 Å². The maximum Gasteiger partial charge on any atom is 0.335 e. The number of benzene rings is 1. The summed E-state index contributed by atoms with van der Waals surface area (Å²) in [5, 5.41) is 11.7. The van der Waals surface area contributed by atoms with Gasteiger partial charge in [-0.25, -0.2) is 9.59 Å². The first kappa shape index (κ1) is 15.8. The Morgan fingerprint density at radius 2 is 2.29 bits per heavy atom. The van der Waals surface area contributed by atoms with E-state index in [0.29, 0.717) is 35.8 Å². The van der Waals surface area contributed by atoms with Gasteiger partial charge in [0.25, 0.3) is 0 Å². The molecule has 2 rings (SSSR count). The third kappa shape index (κ3) is 3.95. The van der Waals surface area contributed by atoms with Crippen LogP contribution in [0.4, 0.5) is 10.5 Å². The maximum absolute atomic E-state index is 12.2. The second-order valence-corrected chi connectivity index (χ2v) is 5.84. The van der Waals surface area contributed by atoms with E-state index < -0.39 is 5.97 Å². The molecule has 2 N–H and O–H groups in total. The van der Waals surface area contributed by atoms with E-state index in [1.165, 1.54) is 12.1 Å². The van der Waals surface area contributed by atoms with Crippen LogP contribution in [-0.4, -0.2) is 48.8 Å². The van der Waals surface area contributed by atoms with Gasteiger partial charge in [-0.1, -0.05) is 0 Å². The molecule has 21 heavy (non-hydrogen) atoms. The van der Waals surface area contributed by atoms with Gasteiger partial charge in [-0.3, -0.25) is 0 Å². The lowest BCUT2D eigenvalue weighted by molar-refractivity contribution is 0.0697. The maximum atomic E-state index is 12.2. The summed E-state index contributed by atoms with van der Waals surface area (Å²) in [7, 11) is 1.65. The number of carbonyl (C=O) groups is 2. The molecular formula is C14H17BrN2O4. The highest BCUT2D eigenvalue weighted by atomic mass is 79.9. The van der Waals surface area contributed by atoms with Crippen LogP contribution in [0.1, 0.15) is 16.8 Å². The summed E-state index contributed by atoms with van der Waals surface area (Å²) in [6.07, 6.45) is 0.914. The molecule has 0 radical (unpaired) electrons. The summed E-state index contributed by atoms with van der Waals surface area (Å²) >= 11 is 3.31. The molecule has 1 unspecified atom stereocenters. The van der Waals surface area contributed by atoms with Crippen molar-refractivity contribution in [3.8, 4) is 0 Å². The summed E-state index contributed by atoms with van der Waals surface area (Å²) in [6.45, 7) is 1.97. The monoisotopic (exact) mass is 356 g/mol. The lowest BCUT2D eigenvalue weighted by Gasteiger charge is -2.18. The number of ether oxygens (including phenoxy) is 1. The summed E-state index contributed by atoms with van der Waals surface area (Å²) < 4.78 is 5.75. The molecule has 0 saturated carbocycles. The predicted molar refractivity (Wildman–Crippen MR) is 81.7 cm³/mol. The number of halogens is 1. The molecular weight excluding hydrogens is 340 g/mol. The fourth-order valence-electron chi connectivity index (χ4n) is 2.34. The van der Waals surface area contributed by atoms with E-state index >= 15 is 0 Å². The quantitative estimate of drug-likeness (QED) is 0.868. The van der Waals surface area contributed by atoms with E-state index in [2.05, 4.69) is 21.2 Å². The zero-order chi connectivity index (χ0) is 15.4. The van der Waals surface area contributed by atoms with Crippen molar-refractivity contribution in [1.82, 2.24) is 4.90 Å². The minimum absolute atomic E-state index is 0.132. The Balaban J connectivity index is 2.03. The number of anilines is 1. The van der Waals surface area contributed by atoms with Crippen molar-refractivity contribution < 1.29 is 19.4 Å². The van der Waals surface area contributed by atoms with Gasteiger partial charge in [0, 0.05) is 30.6 Å². The van der Waals surface area contributed by atoms with Crippen LogP contribution in [0.15, 0.2) is 22.7 Å². The second kappa shape index (κ2) is 6.91. The van der Waals surface area contributed by atoms with Crippen molar-refractivity contribution in [2.75, 3.05) is 32.1 Å². The fraction of sp³-hybridized carbons (Fsp3) is 0.429. The number of rotatable bonds is 4. The van der Waals surface area contributed by atoms with Crippen LogP contribution in [0, 0.1) is 5.92 Å². The van der Waals surface area contributed by atoms with E-state index in [-0.39, 0.29) is 11.6 Å². The van der Waals surface area contributed by atoms with Crippen molar-refractivity contribution in [1.29, 1.82) is 0 Å². The normalized spacial score (nSPS) is 17.8. The zero-order valence-electron chi connectivity index (χ0n) is 11.6. The Kier molecular flexibility index (Phi) is 5.19. The molecule has 1 atom stereocenters. The number of nitrogens with zero attached hydrogens (tertiary/aromatic N) is 1. The second-order valence-electron chi connectivity index (χ2n) is 4.99. The van der Waals surface area contributed by atoms with Gasteiger partial charge in [-0.05, 0) is 40.5 Å². The largest absolute Gasteiger partial charge is 0.478 e. The van der Waals surface area contributed by atoms with Gasteiger partial charge >= 0.3 is 12.0 Å². The number of hydrogen-bond acceptors (Lipinski definition) is 3. The number of carbonyl (C=O) groups excluding carboxylic acids is 1. The van der Waals surface area contributed by atoms with Crippen LogP contribution < -0.4 is 5.32 Å². The zero-order valence-corrected chi connectivity index (χ0v) is 13.2. The van der Waals surface area contributed by atoms with Crippen molar-refractivity contribution in [3.05, 3.63) is 28.2 Å². The number of carboxylic acids is 1. The van der Waals surface area contributed by atoms with Crippen LogP contribution in [0.5, 0.6) is 0 Å². The highest BCUT2D eigenvalue weighted by Gasteiger charge is 2.26. The Morgan fingerprint density at radius 3 is 2.95 bits per heavy atom. The van der Waals surface area contributed by atoms with Gasteiger partial charge in [-0.2, -0.15) is 0 Å². The highest BCUT2D eigenvalue weighted by molar-refractivity contribution is 9.10. The summed E-state index contributed by atoms with van der Waals surface area (Å²) in [5.41, 5.74) is 0.585. The van der Waals surface area contributed by atoms with Crippen molar-refractivity contribution in [2.24, 2.45) is 5.92 Å². The molecule has 6 nitrogen and oxygen atoms in total. The highest BCUT2D eigenvalue weighted by Crippen LogP contribution is 2.25. The minimum atomic E-state index is -1.03. The van der Waals surface area contributed by atoms with Crippen molar-refractivity contribution in [3.63, 3.8) is 0 Å². The molecule has 1 aliphatic rings. The number of aromatic carboxylic acids is 1. The smallest absolute Gasteiger partial charge is 0.335 e. The van der Waals surface area contributed by atoms with Crippen LogP contribution in [0.25, 0.3) is 0 Å². The molecule has 0 aromatic heterocycles. The van der Waals surface area contributed by atoms with E-state index in [4.69, 9.17) is 9.84 Å². The topological polar surface area (TPSA) is 78.9 Å². The van der Waals surface area contributed by atoms with Gasteiger partial charge in [0.15, 0.2) is 0 Å². The first-order valence-electron chi connectivity index (χ1n) is 6.59. The van der Waals surface area contributed by atoms with E-state index in [9.17, 15) is 9.59 Å². The van der Waals surface area contributed by atoms with Gasteiger partial charge < -0.3 is 20.1 Å². The molecule has 1 heterocycles. The van der Waals surface area contributed by atoms with Gasteiger partial charge in [0.2, 0.25) is 0 Å². The molecule has 0 spiro atoms. The lowest BCUT2D eigenvalue weighted by atomic mass is 10.1.